The molecule has 2 N–H and O–H groups in total. The van der Waals surface area contributed by atoms with E-state index < -0.39 is 0 Å². The first-order chi connectivity index (χ1) is 9.40. The summed E-state index contributed by atoms with van der Waals surface area (Å²) in [6, 6.07) is 4.44. The fraction of sp³-hybridized carbons (Fsp3) is 0.562. The first-order valence-electron chi connectivity index (χ1n) is 7.15. The molecule has 1 heterocycles. The van der Waals surface area contributed by atoms with Crippen LogP contribution >= 0.6 is 0 Å². The van der Waals surface area contributed by atoms with E-state index in [-0.39, 0.29) is 11.2 Å². The summed E-state index contributed by atoms with van der Waals surface area (Å²) >= 11 is 0. The van der Waals surface area contributed by atoms with Crippen molar-refractivity contribution in [1.29, 1.82) is 0 Å². The zero-order valence-electron chi connectivity index (χ0n) is 12.4. The number of hydrogen-bond acceptors (Lipinski definition) is 3. The normalized spacial score (nSPS) is 13.8. The van der Waals surface area contributed by atoms with Crippen molar-refractivity contribution in [2.45, 2.75) is 40.0 Å². The fourth-order valence-corrected chi connectivity index (χ4v) is 2.56. The van der Waals surface area contributed by atoms with Crippen molar-refractivity contribution < 1.29 is 8.81 Å². The Morgan fingerprint density at radius 1 is 1.30 bits per heavy atom. The summed E-state index contributed by atoms with van der Waals surface area (Å²) in [4.78, 5) is 4.40. The highest BCUT2D eigenvalue weighted by molar-refractivity contribution is 5.72. The van der Waals surface area contributed by atoms with Crippen molar-refractivity contribution in [3.63, 3.8) is 0 Å². The molecule has 0 bridgehead atoms. The molecule has 1 unspecified atom stereocenters. The Morgan fingerprint density at radius 2 is 2.05 bits per heavy atom. The minimum Gasteiger partial charge on any atom is -0.441 e. The second-order valence-corrected chi connectivity index (χ2v) is 6.40. The van der Waals surface area contributed by atoms with Gasteiger partial charge in [0.25, 0.3) is 0 Å². The summed E-state index contributed by atoms with van der Waals surface area (Å²) in [5.41, 5.74) is 7.15. The van der Waals surface area contributed by atoms with Gasteiger partial charge in [0.1, 0.15) is 11.3 Å². The van der Waals surface area contributed by atoms with Crippen molar-refractivity contribution in [3.8, 4) is 0 Å². The summed E-state index contributed by atoms with van der Waals surface area (Å²) in [6.07, 6.45) is 2.74. The second kappa shape index (κ2) is 5.92. The average Bonchev–Trinajstić information content (AvgIpc) is 2.74. The molecule has 2 rings (SSSR count). The van der Waals surface area contributed by atoms with E-state index in [4.69, 9.17) is 10.2 Å². The Kier molecular flexibility index (Phi) is 4.43. The topological polar surface area (TPSA) is 52.0 Å². The highest BCUT2D eigenvalue weighted by Gasteiger charge is 2.24. The second-order valence-electron chi connectivity index (χ2n) is 6.40. The third-order valence-electron chi connectivity index (χ3n) is 3.84. The molecule has 4 heteroatoms. The molecule has 1 aromatic heterocycles. The monoisotopic (exact) mass is 278 g/mol. The van der Waals surface area contributed by atoms with Crippen molar-refractivity contribution in [1.82, 2.24) is 4.98 Å². The lowest BCUT2D eigenvalue weighted by Gasteiger charge is -2.30. The molecule has 1 aromatic carbocycles. The van der Waals surface area contributed by atoms with Gasteiger partial charge in [-0.1, -0.05) is 20.8 Å². The molecule has 0 fully saturated rings. The highest BCUT2D eigenvalue weighted by Crippen LogP contribution is 2.32. The van der Waals surface area contributed by atoms with Gasteiger partial charge in [0.15, 0.2) is 11.5 Å². The SMILES string of the molecule is CC(C)(C)C(CCN)CCc1nc2ccc(F)cc2o1. The molecule has 0 aliphatic carbocycles. The first-order valence-corrected chi connectivity index (χ1v) is 7.15. The molecule has 0 aliphatic heterocycles. The Labute approximate surface area is 119 Å². The number of benzene rings is 1. The summed E-state index contributed by atoms with van der Waals surface area (Å²) in [5, 5.41) is 0. The third kappa shape index (κ3) is 3.57. The van der Waals surface area contributed by atoms with Gasteiger partial charge in [-0.15, -0.1) is 0 Å². The van der Waals surface area contributed by atoms with Gasteiger partial charge in [0.2, 0.25) is 0 Å². The molecule has 0 radical (unpaired) electrons. The van der Waals surface area contributed by atoms with E-state index >= 15 is 0 Å². The van der Waals surface area contributed by atoms with E-state index in [0.717, 1.165) is 19.3 Å². The zero-order valence-corrected chi connectivity index (χ0v) is 12.4. The van der Waals surface area contributed by atoms with E-state index in [1.165, 1.54) is 12.1 Å². The summed E-state index contributed by atoms with van der Waals surface area (Å²) < 4.78 is 18.7. The molecule has 20 heavy (non-hydrogen) atoms. The fourth-order valence-electron chi connectivity index (χ4n) is 2.56. The molecule has 1 atom stereocenters. The number of halogens is 1. The van der Waals surface area contributed by atoms with Gasteiger partial charge < -0.3 is 10.2 Å². The van der Waals surface area contributed by atoms with Crippen LogP contribution in [0.2, 0.25) is 0 Å². The van der Waals surface area contributed by atoms with Crippen LogP contribution in [-0.4, -0.2) is 11.5 Å². The van der Waals surface area contributed by atoms with Crippen LogP contribution in [0.5, 0.6) is 0 Å². The maximum Gasteiger partial charge on any atom is 0.195 e. The molecular weight excluding hydrogens is 255 g/mol. The molecule has 0 spiro atoms. The van der Waals surface area contributed by atoms with Crippen LogP contribution in [0.4, 0.5) is 4.39 Å². The number of hydrogen-bond donors (Lipinski definition) is 1. The molecule has 110 valence electrons. The number of oxazole rings is 1. The van der Waals surface area contributed by atoms with E-state index in [1.54, 1.807) is 6.07 Å². The first kappa shape index (κ1) is 15.0. The van der Waals surface area contributed by atoms with Crippen molar-refractivity contribution >= 4 is 11.1 Å². The van der Waals surface area contributed by atoms with E-state index in [9.17, 15) is 4.39 Å². The minimum absolute atomic E-state index is 0.220. The van der Waals surface area contributed by atoms with E-state index in [1.807, 2.05) is 0 Å². The molecule has 0 saturated heterocycles. The molecule has 3 nitrogen and oxygen atoms in total. The van der Waals surface area contributed by atoms with Crippen LogP contribution in [0.1, 0.15) is 39.5 Å². The Morgan fingerprint density at radius 3 is 2.70 bits per heavy atom. The maximum atomic E-state index is 13.1. The zero-order chi connectivity index (χ0) is 14.8. The van der Waals surface area contributed by atoms with Crippen molar-refractivity contribution in [3.05, 3.63) is 29.9 Å². The van der Waals surface area contributed by atoms with Crippen LogP contribution < -0.4 is 5.73 Å². The number of aromatic nitrogens is 1. The quantitative estimate of drug-likeness (QED) is 0.902. The lowest BCUT2D eigenvalue weighted by atomic mass is 9.76. The number of aryl methyl sites for hydroxylation is 1. The molecular formula is C16H23FN2O. The Balaban J connectivity index is 2.07. The predicted molar refractivity (Wildman–Crippen MR) is 78.9 cm³/mol. The Hall–Kier alpha value is -1.42. The maximum absolute atomic E-state index is 13.1. The van der Waals surface area contributed by atoms with Gasteiger partial charge in [-0.2, -0.15) is 0 Å². The average molecular weight is 278 g/mol. The smallest absolute Gasteiger partial charge is 0.195 e. The van der Waals surface area contributed by atoms with Crippen LogP contribution in [0.3, 0.4) is 0 Å². The van der Waals surface area contributed by atoms with Crippen LogP contribution in [0.15, 0.2) is 22.6 Å². The van der Waals surface area contributed by atoms with Gasteiger partial charge in [0, 0.05) is 12.5 Å². The van der Waals surface area contributed by atoms with Crippen LogP contribution in [0.25, 0.3) is 11.1 Å². The summed E-state index contributed by atoms with van der Waals surface area (Å²) in [6.45, 7) is 7.39. The lowest BCUT2D eigenvalue weighted by Crippen LogP contribution is -2.24. The number of nitrogens with zero attached hydrogens (tertiary/aromatic N) is 1. The molecule has 0 amide bonds. The van der Waals surface area contributed by atoms with Crippen molar-refractivity contribution in [2.24, 2.45) is 17.1 Å². The minimum atomic E-state index is -0.295. The van der Waals surface area contributed by atoms with Gasteiger partial charge in [-0.25, -0.2) is 9.37 Å². The summed E-state index contributed by atoms with van der Waals surface area (Å²) in [5.74, 6) is 0.909. The number of rotatable bonds is 5. The predicted octanol–water partition coefficient (Wildman–Crippen LogP) is 3.91. The van der Waals surface area contributed by atoms with Gasteiger partial charge in [-0.05, 0) is 42.9 Å². The molecule has 0 saturated carbocycles. The van der Waals surface area contributed by atoms with Gasteiger partial charge in [-0.3, -0.25) is 0 Å². The summed E-state index contributed by atoms with van der Waals surface area (Å²) in [7, 11) is 0. The molecule has 0 aliphatic rings. The van der Waals surface area contributed by atoms with Gasteiger partial charge in [0.05, 0.1) is 0 Å². The van der Waals surface area contributed by atoms with Crippen LogP contribution in [0, 0.1) is 17.2 Å². The van der Waals surface area contributed by atoms with E-state index in [0.29, 0.717) is 29.5 Å². The Bertz CT molecular complexity index is 571. The third-order valence-corrected chi connectivity index (χ3v) is 3.84. The number of nitrogens with two attached hydrogens (primary N) is 1. The van der Waals surface area contributed by atoms with Crippen molar-refractivity contribution in [2.75, 3.05) is 6.54 Å². The van der Waals surface area contributed by atoms with Gasteiger partial charge >= 0.3 is 0 Å². The molecule has 2 aromatic rings. The highest BCUT2D eigenvalue weighted by atomic mass is 19.1. The lowest BCUT2D eigenvalue weighted by molar-refractivity contribution is 0.211. The largest absolute Gasteiger partial charge is 0.441 e. The van der Waals surface area contributed by atoms with E-state index in [2.05, 4.69) is 25.8 Å². The number of fused-ring (bicyclic) bond motifs is 1. The standard InChI is InChI=1S/C16H23FN2O/c1-16(2,3)11(8-9-18)4-7-15-19-13-6-5-12(17)10-14(13)20-15/h5-6,10-11H,4,7-9,18H2,1-3H3. The van der Waals surface area contributed by atoms with Crippen LogP contribution in [-0.2, 0) is 6.42 Å².